The highest BCUT2D eigenvalue weighted by Crippen LogP contribution is 2.24. The quantitative estimate of drug-likeness (QED) is 0.711. The van der Waals surface area contributed by atoms with E-state index >= 15 is 0 Å². The minimum atomic E-state index is -1.15. The van der Waals surface area contributed by atoms with Gasteiger partial charge in [0.1, 0.15) is 6.23 Å². The number of carboxylic acids is 1. The Bertz CT molecular complexity index is 370. The third-order valence-electron chi connectivity index (χ3n) is 1.70. The summed E-state index contributed by atoms with van der Waals surface area (Å²) in [5.41, 5.74) is 0.352. The van der Waals surface area contributed by atoms with E-state index < -0.39 is 12.2 Å². The van der Waals surface area contributed by atoms with Crippen LogP contribution in [0.3, 0.4) is 0 Å². The van der Waals surface area contributed by atoms with Gasteiger partial charge in [0.2, 0.25) is 0 Å². The summed E-state index contributed by atoms with van der Waals surface area (Å²) in [5, 5.41) is 21.1. The van der Waals surface area contributed by atoms with Gasteiger partial charge in [-0.2, -0.15) is 0 Å². The van der Waals surface area contributed by atoms with E-state index in [0.717, 1.165) is 0 Å². The molecule has 0 spiro atoms. The number of halogens is 2. The van der Waals surface area contributed by atoms with Crippen molar-refractivity contribution < 1.29 is 15.0 Å². The summed E-state index contributed by atoms with van der Waals surface area (Å²) in [5.74, 6) is -1.06. The van der Waals surface area contributed by atoms with E-state index in [0.29, 0.717) is 15.6 Å². The molecule has 0 bridgehead atoms. The van der Waals surface area contributed by atoms with Crippen LogP contribution < -0.4 is 5.32 Å². The predicted molar refractivity (Wildman–Crippen MR) is 57.1 cm³/mol. The Hall–Kier alpha value is -0.810. The van der Waals surface area contributed by atoms with Gasteiger partial charge in [-0.15, -0.1) is 0 Å². The van der Waals surface area contributed by atoms with Crippen LogP contribution in [0.25, 0.3) is 0 Å². The number of aliphatic hydroxyl groups excluding tert-OH is 1. The predicted octanol–water partition coefficient (Wildman–Crippen LogP) is 1.66. The number of aliphatic hydroxyl groups is 1. The summed E-state index contributed by atoms with van der Waals surface area (Å²) in [4.78, 5) is 10.3. The van der Waals surface area contributed by atoms with Gasteiger partial charge in [0.25, 0.3) is 0 Å². The molecule has 0 saturated carbocycles. The van der Waals surface area contributed by atoms with E-state index in [9.17, 15) is 9.90 Å². The first-order chi connectivity index (χ1) is 7.00. The first-order valence-electron chi connectivity index (χ1n) is 4.09. The van der Waals surface area contributed by atoms with Crippen LogP contribution in [0, 0.1) is 0 Å². The average molecular weight is 250 g/mol. The molecule has 1 rings (SSSR count). The van der Waals surface area contributed by atoms with Gasteiger partial charge in [0.05, 0.1) is 6.54 Å². The lowest BCUT2D eigenvalue weighted by molar-refractivity contribution is -0.136. The molecule has 1 aromatic carbocycles. The summed E-state index contributed by atoms with van der Waals surface area (Å²) in [6, 6.07) is 4.59. The topological polar surface area (TPSA) is 69.6 Å². The number of carbonyl (C=O) groups is 1. The minimum Gasteiger partial charge on any atom is -0.480 e. The monoisotopic (exact) mass is 249 g/mol. The van der Waals surface area contributed by atoms with Gasteiger partial charge < -0.3 is 10.2 Å². The number of carboxylic acid groups (broad SMARTS) is 1. The maximum Gasteiger partial charge on any atom is 0.317 e. The molecular weight excluding hydrogens is 241 g/mol. The van der Waals surface area contributed by atoms with Crippen LogP contribution in [0.4, 0.5) is 0 Å². The van der Waals surface area contributed by atoms with Crippen LogP contribution >= 0.6 is 23.2 Å². The van der Waals surface area contributed by atoms with Crippen molar-refractivity contribution in [2.24, 2.45) is 0 Å². The van der Waals surface area contributed by atoms with Crippen molar-refractivity contribution >= 4 is 29.2 Å². The molecule has 1 atom stereocenters. The van der Waals surface area contributed by atoms with E-state index in [1.54, 1.807) is 6.07 Å². The van der Waals surface area contributed by atoms with Gasteiger partial charge >= 0.3 is 5.97 Å². The Morgan fingerprint density at radius 1 is 1.47 bits per heavy atom. The fourth-order valence-corrected chi connectivity index (χ4v) is 1.42. The molecule has 3 N–H and O–H groups in total. The number of aliphatic carboxylic acids is 1. The molecule has 0 aromatic heterocycles. The van der Waals surface area contributed by atoms with E-state index in [-0.39, 0.29) is 6.54 Å². The Labute approximate surface area is 96.4 Å². The molecule has 0 radical (unpaired) electrons. The van der Waals surface area contributed by atoms with Gasteiger partial charge in [0, 0.05) is 15.6 Å². The number of rotatable bonds is 4. The standard InChI is InChI=1S/C9H9Cl2NO3/c10-5-1-2-7(11)6(3-5)9(15)12-4-8(13)14/h1-3,9,12,15H,4H2,(H,13,14). The van der Waals surface area contributed by atoms with Crippen molar-refractivity contribution in [3.05, 3.63) is 33.8 Å². The van der Waals surface area contributed by atoms with Gasteiger partial charge in [-0.3, -0.25) is 10.1 Å². The molecule has 0 aliphatic heterocycles. The zero-order valence-electron chi connectivity index (χ0n) is 7.58. The number of nitrogens with one attached hydrogen (secondary N) is 1. The SMILES string of the molecule is O=C(O)CNC(O)c1cc(Cl)ccc1Cl. The van der Waals surface area contributed by atoms with E-state index in [4.69, 9.17) is 28.3 Å². The third-order valence-corrected chi connectivity index (χ3v) is 2.28. The van der Waals surface area contributed by atoms with E-state index in [1.165, 1.54) is 12.1 Å². The van der Waals surface area contributed by atoms with Crippen molar-refractivity contribution in [2.75, 3.05) is 6.54 Å². The Kier molecular flexibility index (Phi) is 4.35. The van der Waals surface area contributed by atoms with Crippen molar-refractivity contribution in [3.63, 3.8) is 0 Å². The fourth-order valence-electron chi connectivity index (χ4n) is 1.02. The number of hydrogen-bond acceptors (Lipinski definition) is 3. The number of hydrogen-bond donors (Lipinski definition) is 3. The Balaban J connectivity index is 2.76. The Morgan fingerprint density at radius 2 is 2.13 bits per heavy atom. The molecule has 4 nitrogen and oxygen atoms in total. The zero-order chi connectivity index (χ0) is 11.4. The molecule has 0 heterocycles. The van der Waals surface area contributed by atoms with Crippen molar-refractivity contribution in [3.8, 4) is 0 Å². The third kappa shape index (κ3) is 3.68. The van der Waals surface area contributed by atoms with E-state index in [1.807, 2.05) is 0 Å². The molecule has 0 fully saturated rings. The normalized spacial score (nSPS) is 12.5. The molecule has 0 aliphatic rings. The Morgan fingerprint density at radius 3 is 2.73 bits per heavy atom. The van der Waals surface area contributed by atoms with Crippen molar-refractivity contribution in [1.29, 1.82) is 0 Å². The second-order valence-electron chi connectivity index (χ2n) is 2.84. The van der Waals surface area contributed by atoms with E-state index in [2.05, 4.69) is 5.32 Å². The first-order valence-corrected chi connectivity index (χ1v) is 4.84. The van der Waals surface area contributed by atoms with Crippen molar-refractivity contribution in [1.82, 2.24) is 5.32 Å². The van der Waals surface area contributed by atoms with Gasteiger partial charge in [-0.05, 0) is 18.2 Å². The highest BCUT2D eigenvalue weighted by atomic mass is 35.5. The summed E-state index contributed by atoms with van der Waals surface area (Å²) < 4.78 is 0. The molecule has 0 aliphatic carbocycles. The molecule has 0 saturated heterocycles. The van der Waals surface area contributed by atoms with Crippen LogP contribution in [0.5, 0.6) is 0 Å². The first kappa shape index (κ1) is 12.3. The molecule has 15 heavy (non-hydrogen) atoms. The molecule has 6 heteroatoms. The maximum atomic E-state index is 10.3. The lowest BCUT2D eigenvalue weighted by atomic mass is 10.2. The molecule has 1 aromatic rings. The van der Waals surface area contributed by atoms with Crippen LogP contribution in [0.1, 0.15) is 11.8 Å². The second kappa shape index (κ2) is 5.32. The van der Waals surface area contributed by atoms with Crippen LogP contribution in [0.2, 0.25) is 10.0 Å². The average Bonchev–Trinajstić information content (AvgIpc) is 2.18. The summed E-state index contributed by atoms with van der Waals surface area (Å²) in [7, 11) is 0. The smallest absolute Gasteiger partial charge is 0.317 e. The minimum absolute atomic E-state index is 0.324. The molecule has 82 valence electrons. The summed E-state index contributed by atoms with van der Waals surface area (Å²) in [6.07, 6.45) is -1.15. The molecule has 1 unspecified atom stereocenters. The van der Waals surface area contributed by atoms with Crippen LogP contribution in [0.15, 0.2) is 18.2 Å². The highest BCUT2D eigenvalue weighted by molar-refractivity contribution is 6.33. The van der Waals surface area contributed by atoms with Gasteiger partial charge in [-0.25, -0.2) is 0 Å². The maximum absolute atomic E-state index is 10.3. The lowest BCUT2D eigenvalue weighted by Gasteiger charge is -2.13. The van der Waals surface area contributed by atoms with Crippen LogP contribution in [-0.4, -0.2) is 22.7 Å². The van der Waals surface area contributed by atoms with Gasteiger partial charge in [0.15, 0.2) is 0 Å². The molecule has 0 amide bonds. The zero-order valence-corrected chi connectivity index (χ0v) is 9.09. The lowest BCUT2D eigenvalue weighted by Crippen LogP contribution is -2.27. The number of benzene rings is 1. The van der Waals surface area contributed by atoms with Crippen LogP contribution in [-0.2, 0) is 4.79 Å². The summed E-state index contributed by atoms with van der Waals surface area (Å²) in [6.45, 7) is -0.357. The largest absolute Gasteiger partial charge is 0.480 e. The molecular formula is C9H9Cl2NO3. The highest BCUT2D eigenvalue weighted by Gasteiger charge is 2.12. The summed E-state index contributed by atoms with van der Waals surface area (Å²) >= 11 is 11.5. The van der Waals surface area contributed by atoms with Crippen molar-refractivity contribution in [2.45, 2.75) is 6.23 Å². The van der Waals surface area contributed by atoms with Gasteiger partial charge in [-0.1, -0.05) is 23.2 Å². The fraction of sp³-hybridized carbons (Fsp3) is 0.222. The second-order valence-corrected chi connectivity index (χ2v) is 3.69.